The van der Waals surface area contributed by atoms with E-state index in [0.717, 1.165) is 6.42 Å². The summed E-state index contributed by atoms with van der Waals surface area (Å²) < 4.78 is 25.2. The highest BCUT2D eigenvalue weighted by molar-refractivity contribution is 5.46. The van der Waals surface area contributed by atoms with Gasteiger partial charge >= 0.3 is 0 Å². The quantitative estimate of drug-likeness (QED) is 0.784. The van der Waals surface area contributed by atoms with Crippen LogP contribution in [0.1, 0.15) is 6.42 Å². The van der Waals surface area contributed by atoms with Crippen LogP contribution < -0.4 is 10.6 Å². The molecule has 0 amide bonds. The lowest BCUT2D eigenvalue weighted by Gasteiger charge is -2.23. The lowest BCUT2D eigenvalue weighted by Crippen LogP contribution is -2.28. The molecular weight excluding hydrogens is 198 g/mol. The van der Waals surface area contributed by atoms with E-state index in [1.807, 2.05) is 0 Å². The van der Waals surface area contributed by atoms with Gasteiger partial charge in [0.2, 0.25) is 0 Å². The number of rotatable bonds is 6. The highest BCUT2D eigenvalue weighted by Crippen LogP contribution is 2.15. The SMILES string of the molecule is NCCCN(CCF)c1cccc(F)c1. The van der Waals surface area contributed by atoms with Crippen LogP contribution in [0.3, 0.4) is 0 Å². The van der Waals surface area contributed by atoms with Gasteiger partial charge < -0.3 is 10.6 Å². The molecule has 0 aliphatic rings. The highest BCUT2D eigenvalue weighted by Gasteiger charge is 2.06. The van der Waals surface area contributed by atoms with Crippen LogP contribution in [0.5, 0.6) is 0 Å². The van der Waals surface area contributed by atoms with Crippen molar-refractivity contribution >= 4 is 5.69 Å². The lowest BCUT2D eigenvalue weighted by atomic mass is 10.2. The molecule has 0 unspecified atom stereocenters. The number of nitrogens with two attached hydrogens (primary N) is 1. The molecule has 1 rings (SSSR count). The maximum absolute atomic E-state index is 12.9. The summed E-state index contributed by atoms with van der Waals surface area (Å²) in [5, 5.41) is 0. The zero-order chi connectivity index (χ0) is 11.1. The highest BCUT2D eigenvalue weighted by atomic mass is 19.1. The van der Waals surface area contributed by atoms with Crippen LogP contribution in [0.4, 0.5) is 14.5 Å². The predicted molar refractivity (Wildman–Crippen MR) is 58.3 cm³/mol. The van der Waals surface area contributed by atoms with Crippen molar-refractivity contribution < 1.29 is 8.78 Å². The monoisotopic (exact) mass is 214 g/mol. The molecule has 1 aromatic carbocycles. The third-order valence-electron chi connectivity index (χ3n) is 2.16. The molecule has 0 saturated heterocycles. The van der Waals surface area contributed by atoms with Crippen LogP contribution in [0.15, 0.2) is 24.3 Å². The van der Waals surface area contributed by atoms with Gasteiger partial charge in [0, 0.05) is 18.8 Å². The van der Waals surface area contributed by atoms with Gasteiger partial charge in [-0.3, -0.25) is 0 Å². The third-order valence-corrected chi connectivity index (χ3v) is 2.16. The van der Waals surface area contributed by atoms with Gasteiger partial charge in [-0.15, -0.1) is 0 Å². The Morgan fingerprint density at radius 2 is 2.07 bits per heavy atom. The van der Waals surface area contributed by atoms with Gasteiger partial charge in [0.25, 0.3) is 0 Å². The van der Waals surface area contributed by atoms with E-state index >= 15 is 0 Å². The molecule has 0 atom stereocenters. The Labute approximate surface area is 88.7 Å². The molecule has 1 aromatic rings. The van der Waals surface area contributed by atoms with Crippen LogP contribution in [-0.2, 0) is 0 Å². The Kier molecular flexibility index (Phi) is 5.04. The predicted octanol–water partition coefficient (Wildman–Crippen LogP) is 1.95. The van der Waals surface area contributed by atoms with Crippen LogP contribution in [0.25, 0.3) is 0 Å². The molecule has 0 heterocycles. The van der Waals surface area contributed by atoms with Gasteiger partial charge in [-0.25, -0.2) is 8.78 Å². The first kappa shape index (κ1) is 11.9. The Morgan fingerprint density at radius 3 is 2.67 bits per heavy atom. The molecule has 84 valence electrons. The van der Waals surface area contributed by atoms with Crippen molar-refractivity contribution in [1.82, 2.24) is 0 Å². The van der Waals surface area contributed by atoms with Gasteiger partial charge in [-0.05, 0) is 31.2 Å². The van der Waals surface area contributed by atoms with Crippen LogP contribution in [-0.4, -0.2) is 26.3 Å². The zero-order valence-corrected chi connectivity index (χ0v) is 8.63. The van der Waals surface area contributed by atoms with Crippen molar-refractivity contribution in [3.63, 3.8) is 0 Å². The molecule has 0 bridgehead atoms. The number of nitrogens with zero attached hydrogens (tertiary/aromatic N) is 1. The van der Waals surface area contributed by atoms with Crippen molar-refractivity contribution in [3.05, 3.63) is 30.1 Å². The van der Waals surface area contributed by atoms with E-state index in [1.165, 1.54) is 12.1 Å². The van der Waals surface area contributed by atoms with Crippen LogP contribution >= 0.6 is 0 Å². The number of anilines is 1. The molecule has 0 saturated carbocycles. The normalized spacial score (nSPS) is 10.3. The summed E-state index contributed by atoms with van der Waals surface area (Å²) in [7, 11) is 0. The Morgan fingerprint density at radius 1 is 1.27 bits per heavy atom. The van der Waals surface area contributed by atoms with Crippen molar-refractivity contribution in [2.75, 3.05) is 31.2 Å². The van der Waals surface area contributed by atoms with E-state index in [1.54, 1.807) is 17.0 Å². The number of benzene rings is 1. The fourth-order valence-corrected chi connectivity index (χ4v) is 1.43. The fraction of sp³-hybridized carbons (Fsp3) is 0.455. The van der Waals surface area contributed by atoms with Gasteiger partial charge in [-0.1, -0.05) is 6.07 Å². The average Bonchev–Trinajstić information content (AvgIpc) is 2.24. The van der Waals surface area contributed by atoms with Crippen LogP contribution in [0, 0.1) is 5.82 Å². The Bertz CT molecular complexity index is 292. The molecule has 0 aromatic heterocycles. The minimum atomic E-state index is -0.443. The number of hydrogen-bond acceptors (Lipinski definition) is 2. The summed E-state index contributed by atoms with van der Waals surface area (Å²) in [6.45, 7) is 1.05. The first-order chi connectivity index (χ1) is 7.27. The maximum atomic E-state index is 12.9. The van der Waals surface area contributed by atoms with Gasteiger partial charge in [0.15, 0.2) is 0 Å². The summed E-state index contributed by atoms with van der Waals surface area (Å²) in [6.07, 6.45) is 0.774. The smallest absolute Gasteiger partial charge is 0.125 e. The van der Waals surface area contributed by atoms with E-state index < -0.39 is 6.67 Å². The van der Waals surface area contributed by atoms with Crippen molar-refractivity contribution in [1.29, 1.82) is 0 Å². The largest absolute Gasteiger partial charge is 0.369 e. The molecule has 4 heteroatoms. The molecule has 15 heavy (non-hydrogen) atoms. The summed E-state index contributed by atoms with van der Waals surface area (Å²) in [5.41, 5.74) is 6.10. The van der Waals surface area contributed by atoms with Gasteiger partial charge in [0.1, 0.15) is 12.5 Å². The topological polar surface area (TPSA) is 29.3 Å². The first-order valence-corrected chi connectivity index (χ1v) is 5.04. The molecule has 0 fully saturated rings. The second kappa shape index (κ2) is 6.35. The molecule has 0 aliphatic heterocycles. The molecule has 0 radical (unpaired) electrons. The first-order valence-electron chi connectivity index (χ1n) is 5.04. The molecule has 0 spiro atoms. The summed E-state index contributed by atoms with van der Waals surface area (Å²) in [5.74, 6) is -0.302. The van der Waals surface area contributed by atoms with E-state index in [0.29, 0.717) is 18.8 Å². The Hall–Kier alpha value is -1.16. The standard InChI is InChI=1S/C11H16F2N2/c12-5-8-15(7-2-6-14)11-4-1-3-10(13)9-11/h1,3-4,9H,2,5-8,14H2. The maximum Gasteiger partial charge on any atom is 0.125 e. The van der Waals surface area contributed by atoms with Crippen molar-refractivity contribution in [2.45, 2.75) is 6.42 Å². The number of hydrogen-bond donors (Lipinski definition) is 1. The Balaban J connectivity index is 2.69. The minimum absolute atomic E-state index is 0.281. The second-order valence-corrected chi connectivity index (χ2v) is 3.30. The van der Waals surface area contributed by atoms with E-state index in [-0.39, 0.29) is 12.4 Å². The average molecular weight is 214 g/mol. The number of alkyl halides is 1. The van der Waals surface area contributed by atoms with Crippen molar-refractivity contribution in [2.24, 2.45) is 5.73 Å². The third kappa shape index (κ3) is 3.83. The van der Waals surface area contributed by atoms with E-state index in [4.69, 9.17) is 5.73 Å². The molecule has 2 N–H and O–H groups in total. The zero-order valence-electron chi connectivity index (χ0n) is 8.63. The lowest BCUT2D eigenvalue weighted by molar-refractivity contribution is 0.488. The van der Waals surface area contributed by atoms with Gasteiger partial charge in [0.05, 0.1) is 0 Å². The van der Waals surface area contributed by atoms with Gasteiger partial charge in [-0.2, -0.15) is 0 Å². The second-order valence-electron chi connectivity index (χ2n) is 3.30. The van der Waals surface area contributed by atoms with E-state index in [2.05, 4.69) is 0 Å². The minimum Gasteiger partial charge on any atom is -0.369 e. The molecular formula is C11H16F2N2. The molecule has 2 nitrogen and oxygen atoms in total. The summed E-state index contributed by atoms with van der Waals surface area (Å²) in [4.78, 5) is 1.80. The number of halogens is 2. The fourth-order valence-electron chi connectivity index (χ4n) is 1.43. The van der Waals surface area contributed by atoms with Crippen LogP contribution in [0.2, 0.25) is 0 Å². The van der Waals surface area contributed by atoms with E-state index in [9.17, 15) is 8.78 Å². The molecule has 0 aliphatic carbocycles. The summed E-state index contributed by atoms with van der Waals surface area (Å²) in [6, 6.07) is 6.18. The summed E-state index contributed by atoms with van der Waals surface area (Å²) >= 11 is 0. The van der Waals surface area contributed by atoms with Crippen molar-refractivity contribution in [3.8, 4) is 0 Å².